The van der Waals surface area contributed by atoms with E-state index in [1.54, 1.807) is 0 Å². The quantitative estimate of drug-likeness (QED) is 0.662. The summed E-state index contributed by atoms with van der Waals surface area (Å²) in [5.41, 5.74) is -2.06. The van der Waals surface area contributed by atoms with Gasteiger partial charge < -0.3 is 19.3 Å². The molecular formula is C20H28O6. The monoisotopic (exact) mass is 364 g/mol. The molecule has 5 rings (SSSR count). The molecule has 6 heteroatoms. The van der Waals surface area contributed by atoms with Gasteiger partial charge >= 0.3 is 11.9 Å². The Hall–Kier alpha value is -1.14. The third kappa shape index (κ3) is 1.67. The lowest BCUT2D eigenvalue weighted by molar-refractivity contribution is -0.260. The molecule has 5 aliphatic rings. The maximum absolute atomic E-state index is 12.7. The smallest absolute Gasteiger partial charge is 0.338 e. The Balaban J connectivity index is 1.60. The number of hydrogen-bond acceptors (Lipinski definition) is 6. The molecule has 3 heterocycles. The lowest BCUT2D eigenvalue weighted by atomic mass is 9.44. The lowest BCUT2D eigenvalue weighted by Crippen LogP contribution is -2.66. The van der Waals surface area contributed by atoms with Crippen LogP contribution in [0.2, 0.25) is 0 Å². The summed E-state index contributed by atoms with van der Waals surface area (Å²) < 4.78 is 17.7. The van der Waals surface area contributed by atoms with Gasteiger partial charge in [-0.05, 0) is 44.9 Å². The van der Waals surface area contributed by atoms with E-state index in [9.17, 15) is 14.7 Å². The minimum Gasteiger partial charge on any atom is -0.462 e. The number of hydrogen-bond donors (Lipinski definition) is 1. The third-order valence-corrected chi connectivity index (χ3v) is 8.70. The zero-order valence-corrected chi connectivity index (χ0v) is 15.7. The standard InChI is InChI=1S/C20H28O6/c1-11-9-12-13-17(2,16(23)25-12)5-4-6-18(13,3)20(11)8-7-19(26-20)10-24-15(22)14(19)21/h11-14,21H,4-10H2,1-3H3/t11-,12-,13+,14+,17+,18-,19+,20-/m0/s1. The van der Waals surface area contributed by atoms with Gasteiger partial charge in [0.2, 0.25) is 0 Å². The van der Waals surface area contributed by atoms with E-state index < -0.39 is 28.7 Å². The van der Waals surface area contributed by atoms with Gasteiger partial charge in [-0.1, -0.05) is 20.3 Å². The molecular weight excluding hydrogens is 336 g/mol. The van der Waals surface area contributed by atoms with Crippen LogP contribution in [0.5, 0.6) is 0 Å². The van der Waals surface area contributed by atoms with Crippen molar-refractivity contribution in [2.45, 2.75) is 82.7 Å². The fourth-order valence-corrected chi connectivity index (χ4v) is 7.46. The molecule has 3 aliphatic heterocycles. The molecule has 2 spiro atoms. The van der Waals surface area contributed by atoms with Crippen molar-refractivity contribution in [2.75, 3.05) is 6.61 Å². The number of ether oxygens (including phenoxy) is 3. The van der Waals surface area contributed by atoms with Crippen LogP contribution in [0.1, 0.15) is 59.3 Å². The Kier molecular flexibility index (Phi) is 3.15. The SMILES string of the molecule is C[C@H]1C[C@@H]2OC(=O)[C@]3(C)CCC[C@@](C)([C@H]23)[C@]12CC[C@]1(COC(=O)[C@H]1O)O2. The second-order valence-corrected chi connectivity index (χ2v) is 9.81. The second-order valence-electron chi connectivity index (χ2n) is 9.81. The van der Waals surface area contributed by atoms with Crippen LogP contribution >= 0.6 is 0 Å². The number of carbonyl (C=O) groups excluding carboxylic acids is 2. The van der Waals surface area contributed by atoms with E-state index in [1.807, 2.05) is 0 Å². The van der Waals surface area contributed by atoms with Crippen LogP contribution < -0.4 is 0 Å². The van der Waals surface area contributed by atoms with Crippen molar-refractivity contribution in [1.82, 2.24) is 0 Å². The van der Waals surface area contributed by atoms with E-state index in [-0.39, 0.29) is 35.9 Å². The van der Waals surface area contributed by atoms with Gasteiger partial charge in [-0.2, -0.15) is 0 Å². The Labute approximate surface area is 153 Å². The van der Waals surface area contributed by atoms with Crippen LogP contribution in [0, 0.1) is 22.7 Å². The van der Waals surface area contributed by atoms with Crippen molar-refractivity contribution >= 4 is 11.9 Å². The van der Waals surface area contributed by atoms with E-state index in [0.29, 0.717) is 6.42 Å². The maximum atomic E-state index is 12.7. The van der Waals surface area contributed by atoms with Gasteiger partial charge in [0.15, 0.2) is 6.10 Å². The van der Waals surface area contributed by atoms with Crippen molar-refractivity contribution in [3.8, 4) is 0 Å². The molecule has 6 nitrogen and oxygen atoms in total. The van der Waals surface area contributed by atoms with Gasteiger partial charge in [-0.3, -0.25) is 4.79 Å². The summed E-state index contributed by atoms with van der Waals surface area (Å²) in [6, 6.07) is 0. The van der Waals surface area contributed by atoms with Crippen LogP contribution in [0.4, 0.5) is 0 Å². The van der Waals surface area contributed by atoms with E-state index in [2.05, 4.69) is 20.8 Å². The molecule has 26 heavy (non-hydrogen) atoms. The van der Waals surface area contributed by atoms with Gasteiger partial charge in [-0.25, -0.2) is 4.79 Å². The highest BCUT2D eigenvalue weighted by atomic mass is 16.6. The second kappa shape index (κ2) is 4.82. The first-order valence-electron chi connectivity index (χ1n) is 9.95. The number of fused-ring (bicyclic) bond motifs is 1. The number of carbonyl (C=O) groups is 2. The largest absolute Gasteiger partial charge is 0.462 e. The van der Waals surface area contributed by atoms with Crippen LogP contribution in [-0.2, 0) is 23.8 Å². The van der Waals surface area contributed by atoms with Gasteiger partial charge in [-0.15, -0.1) is 0 Å². The molecule has 1 N–H and O–H groups in total. The van der Waals surface area contributed by atoms with Crippen molar-refractivity contribution in [2.24, 2.45) is 22.7 Å². The predicted molar refractivity (Wildman–Crippen MR) is 90.0 cm³/mol. The van der Waals surface area contributed by atoms with E-state index in [0.717, 1.165) is 32.1 Å². The molecule has 2 saturated carbocycles. The first-order chi connectivity index (χ1) is 12.2. The van der Waals surface area contributed by atoms with Crippen molar-refractivity contribution in [3.63, 3.8) is 0 Å². The highest BCUT2D eigenvalue weighted by Crippen LogP contribution is 2.70. The molecule has 0 aromatic heterocycles. The van der Waals surface area contributed by atoms with Crippen LogP contribution in [0.25, 0.3) is 0 Å². The number of rotatable bonds is 0. The minimum atomic E-state index is -1.22. The number of esters is 2. The van der Waals surface area contributed by atoms with Gasteiger partial charge in [0.1, 0.15) is 18.3 Å². The molecule has 0 unspecified atom stereocenters. The number of cyclic esters (lactones) is 1. The first kappa shape index (κ1) is 17.0. The molecule has 0 amide bonds. The zero-order chi connectivity index (χ0) is 18.5. The highest BCUT2D eigenvalue weighted by Gasteiger charge is 2.75. The van der Waals surface area contributed by atoms with Crippen LogP contribution in [0.3, 0.4) is 0 Å². The Morgan fingerprint density at radius 3 is 2.58 bits per heavy atom. The van der Waals surface area contributed by atoms with E-state index in [4.69, 9.17) is 14.2 Å². The van der Waals surface area contributed by atoms with Gasteiger partial charge in [0.25, 0.3) is 0 Å². The minimum absolute atomic E-state index is 0.0510. The molecule has 0 radical (unpaired) electrons. The normalized spacial score (nSPS) is 58.2. The topological polar surface area (TPSA) is 82.1 Å². The third-order valence-electron chi connectivity index (χ3n) is 8.70. The van der Waals surface area contributed by atoms with E-state index in [1.165, 1.54) is 0 Å². The Morgan fingerprint density at radius 2 is 1.88 bits per heavy atom. The average Bonchev–Trinajstić information content (AvgIpc) is 3.19. The Bertz CT molecular complexity index is 692. The molecule has 0 aromatic carbocycles. The van der Waals surface area contributed by atoms with Gasteiger partial charge in [0.05, 0.1) is 11.0 Å². The van der Waals surface area contributed by atoms with Crippen LogP contribution in [0.15, 0.2) is 0 Å². The number of aliphatic hydroxyl groups excluding tert-OH is 1. The molecule has 144 valence electrons. The Morgan fingerprint density at radius 1 is 1.12 bits per heavy atom. The van der Waals surface area contributed by atoms with E-state index >= 15 is 0 Å². The summed E-state index contributed by atoms with van der Waals surface area (Å²) in [4.78, 5) is 24.5. The fourth-order valence-electron chi connectivity index (χ4n) is 7.46. The summed E-state index contributed by atoms with van der Waals surface area (Å²) >= 11 is 0. The number of aliphatic hydroxyl groups is 1. The fraction of sp³-hybridized carbons (Fsp3) is 0.900. The summed E-state index contributed by atoms with van der Waals surface area (Å²) in [6.07, 6.45) is 3.72. The summed E-state index contributed by atoms with van der Waals surface area (Å²) in [5.74, 6) is -0.335. The molecule has 0 aromatic rings. The average molecular weight is 364 g/mol. The molecule has 8 atom stereocenters. The van der Waals surface area contributed by atoms with Crippen molar-refractivity contribution in [1.29, 1.82) is 0 Å². The van der Waals surface area contributed by atoms with Crippen LogP contribution in [-0.4, -0.2) is 47.1 Å². The summed E-state index contributed by atoms with van der Waals surface area (Å²) in [7, 11) is 0. The zero-order valence-electron chi connectivity index (χ0n) is 15.7. The molecule has 0 bridgehead atoms. The van der Waals surface area contributed by atoms with Crippen molar-refractivity contribution < 1.29 is 28.9 Å². The first-order valence-corrected chi connectivity index (χ1v) is 9.95. The molecule has 3 saturated heterocycles. The highest BCUT2D eigenvalue weighted by molar-refractivity contribution is 5.80. The molecule has 5 fully saturated rings. The lowest BCUT2D eigenvalue weighted by Gasteiger charge is -2.62. The van der Waals surface area contributed by atoms with Crippen molar-refractivity contribution in [3.05, 3.63) is 0 Å². The maximum Gasteiger partial charge on any atom is 0.338 e. The summed E-state index contributed by atoms with van der Waals surface area (Å²) in [5, 5.41) is 10.5. The van der Waals surface area contributed by atoms with Gasteiger partial charge in [0, 0.05) is 11.3 Å². The molecule has 2 aliphatic carbocycles. The summed E-state index contributed by atoms with van der Waals surface area (Å²) in [6.45, 7) is 6.60. The predicted octanol–water partition coefficient (Wildman–Crippen LogP) is 1.97.